The van der Waals surface area contributed by atoms with Crippen LogP contribution in [0.2, 0.25) is 0 Å². The molecular formula is C13H15FN2O5. The lowest BCUT2D eigenvalue weighted by molar-refractivity contribution is -0.126. The highest BCUT2D eigenvalue weighted by atomic mass is 19.1. The van der Waals surface area contributed by atoms with E-state index >= 15 is 0 Å². The van der Waals surface area contributed by atoms with E-state index in [1.54, 1.807) is 6.92 Å². The van der Waals surface area contributed by atoms with Gasteiger partial charge in [0.2, 0.25) is 0 Å². The predicted octanol–water partition coefficient (Wildman–Crippen LogP) is 1.14. The Morgan fingerprint density at radius 3 is 2.57 bits per heavy atom. The fraction of sp³-hybridized carbons (Fsp3) is 0.308. The number of nitrogens with one attached hydrogen (secondary N) is 2. The van der Waals surface area contributed by atoms with Gasteiger partial charge in [0, 0.05) is 12.6 Å². The first-order valence-corrected chi connectivity index (χ1v) is 6.13. The van der Waals surface area contributed by atoms with E-state index in [9.17, 15) is 18.8 Å². The predicted molar refractivity (Wildman–Crippen MR) is 70.7 cm³/mol. The molecule has 0 aromatic heterocycles. The zero-order chi connectivity index (χ0) is 16.0. The van der Waals surface area contributed by atoms with Gasteiger partial charge in [0.1, 0.15) is 11.6 Å². The van der Waals surface area contributed by atoms with E-state index in [2.05, 4.69) is 5.32 Å². The smallest absolute Gasteiger partial charge is 0.338 e. The molecule has 8 heteroatoms. The number of benzene rings is 1. The molecule has 3 N–H and O–H groups in total. The molecule has 0 aliphatic rings. The van der Waals surface area contributed by atoms with Gasteiger partial charge in [0.15, 0.2) is 6.10 Å². The first-order valence-electron chi connectivity index (χ1n) is 6.13. The van der Waals surface area contributed by atoms with Crippen LogP contribution in [0.25, 0.3) is 0 Å². The number of imide groups is 1. The molecule has 0 heterocycles. The van der Waals surface area contributed by atoms with E-state index in [0.717, 1.165) is 12.1 Å². The van der Waals surface area contributed by atoms with Crippen molar-refractivity contribution in [2.75, 3.05) is 6.54 Å². The number of carboxylic acid groups (broad SMARTS) is 1. The second kappa shape index (κ2) is 7.22. The average Bonchev–Trinajstić information content (AvgIpc) is 2.38. The van der Waals surface area contributed by atoms with Crippen molar-refractivity contribution in [3.8, 4) is 5.75 Å². The molecule has 3 amide bonds. The Balaban J connectivity index is 2.68. The first kappa shape index (κ1) is 16.4. The Hall–Kier alpha value is -2.64. The molecule has 1 unspecified atom stereocenters. The summed E-state index contributed by atoms with van der Waals surface area (Å²) in [6.07, 6.45) is -1.05. The van der Waals surface area contributed by atoms with Crippen LogP contribution in [0.3, 0.4) is 0 Å². The van der Waals surface area contributed by atoms with Crippen LogP contribution in [0.5, 0.6) is 5.75 Å². The van der Waals surface area contributed by atoms with Gasteiger partial charge in [-0.25, -0.2) is 14.0 Å². The lowest BCUT2D eigenvalue weighted by Gasteiger charge is -2.14. The summed E-state index contributed by atoms with van der Waals surface area (Å²) in [4.78, 5) is 33.4. The van der Waals surface area contributed by atoms with Gasteiger partial charge >= 0.3 is 12.0 Å². The van der Waals surface area contributed by atoms with Crippen LogP contribution in [0.1, 0.15) is 24.2 Å². The van der Waals surface area contributed by atoms with Crippen LogP contribution in [0, 0.1) is 5.82 Å². The summed E-state index contributed by atoms with van der Waals surface area (Å²) in [6.45, 7) is 3.42. The van der Waals surface area contributed by atoms with Gasteiger partial charge in [-0.05, 0) is 26.0 Å². The second-order valence-electron chi connectivity index (χ2n) is 4.06. The number of hydrogen-bond acceptors (Lipinski definition) is 4. The lowest BCUT2D eigenvalue weighted by Crippen LogP contribution is -2.45. The Morgan fingerprint density at radius 1 is 1.38 bits per heavy atom. The number of carbonyl (C=O) groups excluding carboxylic acids is 2. The molecule has 0 bridgehead atoms. The Kier molecular flexibility index (Phi) is 5.65. The van der Waals surface area contributed by atoms with Crippen LogP contribution in [0.15, 0.2) is 18.2 Å². The number of ether oxygens (including phenoxy) is 1. The minimum absolute atomic E-state index is 0.0175. The lowest BCUT2D eigenvalue weighted by atomic mass is 10.2. The van der Waals surface area contributed by atoms with E-state index in [1.165, 1.54) is 13.0 Å². The number of aromatic carboxylic acids is 1. The summed E-state index contributed by atoms with van der Waals surface area (Å²) >= 11 is 0. The minimum atomic E-state index is -1.40. The highest BCUT2D eigenvalue weighted by Crippen LogP contribution is 2.18. The molecule has 0 spiro atoms. The highest BCUT2D eigenvalue weighted by Gasteiger charge is 2.18. The molecule has 0 fully saturated rings. The molecule has 0 aliphatic heterocycles. The van der Waals surface area contributed by atoms with Crippen molar-refractivity contribution in [1.82, 2.24) is 10.6 Å². The zero-order valence-corrected chi connectivity index (χ0v) is 11.5. The van der Waals surface area contributed by atoms with Crippen LogP contribution in [0.4, 0.5) is 9.18 Å². The van der Waals surface area contributed by atoms with E-state index in [-0.39, 0.29) is 5.75 Å². The van der Waals surface area contributed by atoms with Crippen molar-refractivity contribution in [3.05, 3.63) is 29.6 Å². The summed E-state index contributed by atoms with van der Waals surface area (Å²) < 4.78 is 18.6. The second-order valence-corrected chi connectivity index (χ2v) is 4.06. The molecule has 114 valence electrons. The third-order valence-corrected chi connectivity index (χ3v) is 2.43. The van der Waals surface area contributed by atoms with E-state index in [4.69, 9.17) is 9.84 Å². The SMILES string of the molecule is CCNC(=O)NC(=O)C(C)Oc1ccc(C(=O)O)c(F)c1. The highest BCUT2D eigenvalue weighted by molar-refractivity contribution is 5.96. The molecule has 1 rings (SSSR count). The average molecular weight is 298 g/mol. The van der Waals surface area contributed by atoms with Gasteiger partial charge in [-0.1, -0.05) is 0 Å². The minimum Gasteiger partial charge on any atom is -0.481 e. The summed E-state index contributed by atoms with van der Waals surface area (Å²) in [5.74, 6) is -3.10. The number of urea groups is 1. The maximum atomic E-state index is 13.4. The van der Waals surface area contributed by atoms with Crippen molar-refractivity contribution in [2.45, 2.75) is 20.0 Å². The third kappa shape index (κ3) is 4.75. The van der Waals surface area contributed by atoms with Gasteiger partial charge in [-0.3, -0.25) is 10.1 Å². The standard InChI is InChI=1S/C13H15FN2O5/c1-3-15-13(20)16-11(17)7(2)21-8-4-5-9(12(18)19)10(14)6-8/h4-7H,3H2,1-2H3,(H,18,19)(H2,15,16,17,20). The Bertz CT molecular complexity index is 561. The fourth-order valence-electron chi connectivity index (χ4n) is 1.42. The van der Waals surface area contributed by atoms with Crippen LogP contribution in [-0.4, -0.2) is 35.7 Å². The zero-order valence-electron chi connectivity index (χ0n) is 11.5. The molecule has 0 saturated heterocycles. The molecule has 1 aromatic rings. The largest absolute Gasteiger partial charge is 0.481 e. The summed E-state index contributed by atoms with van der Waals surface area (Å²) in [5, 5.41) is 13.1. The topological polar surface area (TPSA) is 105 Å². The number of carboxylic acids is 1. The molecular weight excluding hydrogens is 283 g/mol. The molecule has 1 atom stereocenters. The number of rotatable bonds is 5. The van der Waals surface area contributed by atoms with Crippen molar-refractivity contribution >= 4 is 17.9 Å². The normalized spacial score (nSPS) is 11.4. The number of halogens is 1. The van der Waals surface area contributed by atoms with Crippen molar-refractivity contribution in [2.24, 2.45) is 0 Å². The molecule has 21 heavy (non-hydrogen) atoms. The summed E-state index contributed by atoms with van der Waals surface area (Å²) in [7, 11) is 0. The third-order valence-electron chi connectivity index (χ3n) is 2.43. The number of hydrogen-bond donors (Lipinski definition) is 3. The van der Waals surface area contributed by atoms with E-state index in [1.807, 2.05) is 5.32 Å². The Morgan fingerprint density at radius 2 is 2.05 bits per heavy atom. The van der Waals surface area contributed by atoms with Crippen LogP contribution >= 0.6 is 0 Å². The fourth-order valence-corrected chi connectivity index (χ4v) is 1.42. The quantitative estimate of drug-likeness (QED) is 0.756. The van der Waals surface area contributed by atoms with E-state index in [0.29, 0.717) is 6.54 Å². The molecule has 0 aliphatic carbocycles. The van der Waals surface area contributed by atoms with Crippen molar-refractivity contribution in [3.63, 3.8) is 0 Å². The van der Waals surface area contributed by atoms with Gasteiger partial charge in [-0.15, -0.1) is 0 Å². The number of carbonyl (C=O) groups is 3. The maximum Gasteiger partial charge on any atom is 0.338 e. The van der Waals surface area contributed by atoms with Gasteiger partial charge in [-0.2, -0.15) is 0 Å². The monoisotopic (exact) mass is 298 g/mol. The molecule has 1 aromatic carbocycles. The van der Waals surface area contributed by atoms with Crippen molar-refractivity contribution < 1.29 is 28.6 Å². The molecule has 0 radical (unpaired) electrons. The number of amides is 3. The van der Waals surface area contributed by atoms with Gasteiger partial charge < -0.3 is 15.2 Å². The maximum absolute atomic E-state index is 13.4. The van der Waals surface area contributed by atoms with Gasteiger partial charge in [0.25, 0.3) is 5.91 Å². The van der Waals surface area contributed by atoms with Gasteiger partial charge in [0.05, 0.1) is 5.56 Å². The first-order chi connectivity index (χ1) is 9.85. The summed E-state index contributed by atoms with van der Waals surface area (Å²) in [5.41, 5.74) is -0.498. The molecule has 0 saturated carbocycles. The van der Waals surface area contributed by atoms with E-state index < -0.39 is 35.4 Å². The summed E-state index contributed by atoms with van der Waals surface area (Å²) in [6, 6.07) is 2.45. The Labute approximate surface area is 120 Å². The van der Waals surface area contributed by atoms with Crippen molar-refractivity contribution in [1.29, 1.82) is 0 Å². The van der Waals surface area contributed by atoms with Crippen LogP contribution in [-0.2, 0) is 4.79 Å². The molecule has 7 nitrogen and oxygen atoms in total. The van der Waals surface area contributed by atoms with Crippen LogP contribution < -0.4 is 15.4 Å².